The molecule has 0 spiro atoms. The molecule has 0 N–H and O–H groups in total. The van der Waals surface area contributed by atoms with Gasteiger partial charge in [-0.1, -0.05) is 17.7 Å². The fourth-order valence-electron chi connectivity index (χ4n) is 2.57. The van der Waals surface area contributed by atoms with Gasteiger partial charge in [-0.3, -0.25) is 9.59 Å². The van der Waals surface area contributed by atoms with E-state index in [0.717, 1.165) is 17.0 Å². The highest BCUT2D eigenvalue weighted by Crippen LogP contribution is 2.38. The van der Waals surface area contributed by atoms with Crippen molar-refractivity contribution in [3.63, 3.8) is 0 Å². The van der Waals surface area contributed by atoms with Crippen molar-refractivity contribution in [2.24, 2.45) is 0 Å². The standard InChI is InChI=1S/C18H13ClFNO4/c1-24-13-8-3-10(9-14(13)25-2)15-16(19)18(23)21(17(15)22)12-6-4-11(20)5-7-12/h3-9H,1-2H3. The van der Waals surface area contributed by atoms with Crippen LogP contribution in [-0.2, 0) is 9.59 Å². The first kappa shape index (κ1) is 17.0. The van der Waals surface area contributed by atoms with Gasteiger partial charge in [0.2, 0.25) is 0 Å². The van der Waals surface area contributed by atoms with Crippen LogP contribution >= 0.6 is 11.6 Å². The molecule has 0 atom stereocenters. The summed E-state index contributed by atoms with van der Waals surface area (Å²) in [4.78, 5) is 26.1. The third-order valence-corrected chi connectivity index (χ3v) is 4.13. The monoisotopic (exact) mass is 361 g/mol. The van der Waals surface area contributed by atoms with E-state index in [1.807, 2.05) is 0 Å². The van der Waals surface area contributed by atoms with Crippen LogP contribution in [0, 0.1) is 5.82 Å². The van der Waals surface area contributed by atoms with Crippen LogP contribution in [-0.4, -0.2) is 26.0 Å². The van der Waals surface area contributed by atoms with Crippen LogP contribution in [0.5, 0.6) is 11.5 Å². The Balaban J connectivity index is 2.04. The number of nitrogens with zero attached hydrogens (tertiary/aromatic N) is 1. The largest absolute Gasteiger partial charge is 0.493 e. The zero-order valence-electron chi connectivity index (χ0n) is 13.4. The molecule has 0 saturated heterocycles. The average molecular weight is 362 g/mol. The molecule has 5 nitrogen and oxygen atoms in total. The van der Waals surface area contributed by atoms with Crippen LogP contribution in [0.4, 0.5) is 10.1 Å². The Labute approximate surface area is 148 Å². The molecule has 128 valence electrons. The summed E-state index contributed by atoms with van der Waals surface area (Å²) in [6.45, 7) is 0. The Morgan fingerprint density at radius 2 is 1.56 bits per heavy atom. The third-order valence-electron chi connectivity index (χ3n) is 3.78. The molecule has 0 aliphatic carbocycles. The van der Waals surface area contributed by atoms with Crippen LogP contribution in [0.25, 0.3) is 5.57 Å². The number of halogens is 2. The molecule has 0 aromatic heterocycles. The predicted molar refractivity (Wildman–Crippen MR) is 91.2 cm³/mol. The fourth-order valence-corrected chi connectivity index (χ4v) is 2.84. The molecular formula is C18H13ClFNO4. The van der Waals surface area contributed by atoms with Crippen LogP contribution < -0.4 is 14.4 Å². The molecule has 1 aliphatic rings. The summed E-state index contributed by atoms with van der Waals surface area (Å²) >= 11 is 6.12. The van der Waals surface area contributed by atoms with Gasteiger partial charge in [-0.25, -0.2) is 9.29 Å². The Hall–Kier alpha value is -2.86. The minimum Gasteiger partial charge on any atom is -0.493 e. The summed E-state index contributed by atoms with van der Waals surface area (Å²) in [7, 11) is 2.95. The Bertz CT molecular complexity index is 892. The second-order valence-electron chi connectivity index (χ2n) is 5.18. The first-order valence-electron chi connectivity index (χ1n) is 7.24. The van der Waals surface area contributed by atoms with Crippen molar-refractivity contribution in [3.8, 4) is 11.5 Å². The topological polar surface area (TPSA) is 55.8 Å². The highest BCUT2D eigenvalue weighted by Gasteiger charge is 2.39. The van der Waals surface area contributed by atoms with E-state index in [1.165, 1.54) is 26.4 Å². The van der Waals surface area contributed by atoms with E-state index in [4.69, 9.17) is 21.1 Å². The van der Waals surface area contributed by atoms with E-state index in [1.54, 1.807) is 18.2 Å². The number of carbonyl (C=O) groups excluding carboxylic acids is 2. The first-order chi connectivity index (χ1) is 12.0. The molecular weight excluding hydrogens is 349 g/mol. The molecule has 0 fully saturated rings. The van der Waals surface area contributed by atoms with Gasteiger partial charge in [0.05, 0.1) is 25.5 Å². The number of amides is 2. The zero-order chi connectivity index (χ0) is 18.1. The predicted octanol–water partition coefficient (Wildman–Crippen LogP) is 3.37. The van der Waals surface area contributed by atoms with Gasteiger partial charge in [0.1, 0.15) is 10.8 Å². The first-order valence-corrected chi connectivity index (χ1v) is 7.62. The minimum atomic E-state index is -0.664. The highest BCUT2D eigenvalue weighted by atomic mass is 35.5. The van der Waals surface area contributed by atoms with E-state index in [2.05, 4.69) is 0 Å². The van der Waals surface area contributed by atoms with Crippen molar-refractivity contribution in [2.45, 2.75) is 0 Å². The maximum Gasteiger partial charge on any atom is 0.277 e. The third kappa shape index (κ3) is 2.85. The van der Waals surface area contributed by atoms with Gasteiger partial charge in [-0.05, 0) is 42.0 Å². The fraction of sp³-hybridized carbons (Fsp3) is 0.111. The summed E-state index contributed by atoms with van der Waals surface area (Å²) in [6, 6.07) is 9.80. The zero-order valence-corrected chi connectivity index (χ0v) is 14.1. The molecule has 0 unspecified atom stereocenters. The highest BCUT2D eigenvalue weighted by molar-refractivity contribution is 6.60. The number of benzene rings is 2. The number of rotatable bonds is 4. The molecule has 3 rings (SSSR count). The molecule has 1 heterocycles. The van der Waals surface area contributed by atoms with Gasteiger partial charge < -0.3 is 9.47 Å². The van der Waals surface area contributed by atoms with E-state index in [-0.39, 0.29) is 16.3 Å². The average Bonchev–Trinajstić information content (AvgIpc) is 2.84. The molecule has 2 amide bonds. The van der Waals surface area contributed by atoms with Crippen molar-refractivity contribution in [3.05, 3.63) is 58.9 Å². The summed E-state index contributed by atoms with van der Waals surface area (Å²) in [5.74, 6) is -0.841. The van der Waals surface area contributed by atoms with Crippen molar-refractivity contribution < 1.29 is 23.5 Å². The SMILES string of the molecule is COc1ccc(C2=C(Cl)C(=O)N(c3ccc(F)cc3)C2=O)cc1OC. The number of methoxy groups -OCH3 is 2. The van der Waals surface area contributed by atoms with E-state index < -0.39 is 17.6 Å². The van der Waals surface area contributed by atoms with Crippen molar-refractivity contribution >= 4 is 34.7 Å². The molecule has 0 bridgehead atoms. The lowest BCUT2D eigenvalue weighted by atomic mass is 10.1. The number of ether oxygens (including phenoxy) is 2. The summed E-state index contributed by atoms with van der Waals surface area (Å²) in [6.07, 6.45) is 0. The number of anilines is 1. The molecule has 0 saturated carbocycles. The van der Waals surface area contributed by atoms with Gasteiger partial charge in [0, 0.05) is 0 Å². The number of hydrogen-bond acceptors (Lipinski definition) is 4. The molecule has 2 aromatic carbocycles. The smallest absolute Gasteiger partial charge is 0.277 e. The Kier molecular flexibility index (Phi) is 4.46. The van der Waals surface area contributed by atoms with E-state index >= 15 is 0 Å². The summed E-state index contributed by atoms with van der Waals surface area (Å²) in [5, 5.41) is -0.207. The van der Waals surface area contributed by atoms with Crippen LogP contribution in [0.3, 0.4) is 0 Å². The molecule has 1 aliphatic heterocycles. The van der Waals surface area contributed by atoms with E-state index in [9.17, 15) is 14.0 Å². The number of imide groups is 1. The lowest BCUT2D eigenvalue weighted by Crippen LogP contribution is -2.31. The van der Waals surface area contributed by atoms with Crippen LogP contribution in [0.15, 0.2) is 47.5 Å². The lowest BCUT2D eigenvalue weighted by Gasteiger charge is -2.15. The second kappa shape index (κ2) is 6.57. The number of carbonyl (C=O) groups is 2. The van der Waals surface area contributed by atoms with Crippen LogP contribution in [0.1, 0.15) is 5.56 Å². The second-order valence-corrected chi connectivity index (χ2v) is 5.56. The van der Waals surface area contributed by atoms with E-state index in [0.29, 0.717) is 17.1 Å². The lowest BCUT2D eigenvalue weighted by molar-refractivity contribution is -0.119. The summed E-state index contributed by atoms with van der Waals surface area (Å²) in [5.41, 5.74) is 0.715. The molecule has 2 aromatic rings. The van der Waals surface area contributed by atoms with Gasteiger partial charge in [0.15, 0.2) is 11.5 Å². The normalized spacial score (nSPS) is 14.3. The van der Waals surface area contributed by atoms with Crippen molar-refractivity contribution in [2.75, 3.05) is 19.1 Å². The van der Waals surface area contributed by atoms with Gasteiger partial charge >= 0.3 is 0 Å². The molecule has 0 radical (unpaired) electrons. The van der Waals surface area contributed by atoms with Gasteiger partial charge in [-0.2, -0.15) is 0 Å². The quantitative estimate of drug-likeness (QED) is 0.783. The van der Waals surface area contributed by atoms with Gasteiger partial charge in [-0.15, -0.1) is 0 Å². The maximum absolute atomic E-state index is 13.1. The maximum atomic E-state index is 13.1. The molecule has 25 heavy (non-hydrogen) atoms. The number of hydrogen-bond donors (Lipinski definition) is 0. The van der Waals surface area contributed by atoms with Crippen LogP contribution in [0.2, 0.25) is 0 Å². The Morgan fingerprint density at radius 1 is 0.920 bits per heavy atom. The Morgan fingerprint density at radius 3 is 2.16 bits per heavy atom. The minimum absolute atomic E-state index is 0.0527. The van der Waals surface area contributed by atoms with Gasteiger partial charge in [0.25, 0.3) is 11.8 Å². The van der Waals surface area contributed by atoms with Crippen molar-refractivity contribution in [1.82, 2.24) is 0 Å². The summed E-state index contributed by atoms with van der Waals surface area (Å²) < 4.78 is 23.5. The van der Waals surface area contributed by atoms with Crippen molar-refractivity contribution in [1.29, 1.82) is 0 Å². The molecule has 7 heteroatoms.